The van der Waals surface area contributed by atoms with Gasteiger partial charge in [0.1, 0.15) is 13.2 Å². The number of rotatable bonds is 61. The number of ether oxygens (including phenoxy) is 3. The first kappa shape index (κ1) is 74.6. The van der Waals surface area contributed by atoms with Gasteiger partial charge in [-0.05, 0) is 89.9 Å². The molecular weight excluding hydrogens is 961 g/mol. The predicted molar refractivity (Wildman–Crippen MR) is 339 cm³/mol. The van der Waals surface area contributed by atoms with E-state index in [1.807, 2.05) is 0 Å². The zero-order chi connectivity index (χ0) is 56.4. The Morgan fingerprint density at radius 1 is 0.269 bits per heavy atom. The Bertz CT molecular complexity index is 1480. The number of esters is 3. The number of hydrogen-bond acceptors (Lipinski definition) is 6. The first-order chi connectivity index (χ1) is 38.5. The summed E-state index contributed by atoms with van der Waals surface area (Å²) in [6, 6.07) is 0. The minimum absolute atomic E-state index is 0.101. The summed E-state index contributed by atoms with van der Waals surface area (Å²) in [5.41, 5.74) is 0. The van der Waals surface area contributed by atoms with E-state index in [2.05, 4.69) is 106 Å². The highest BCUT2D eigenvalue weighted by atomic mass is 16.6. The fourth-order valence-electron chi connectivity index (χ4n) is 9.69. The van der Waals surface area contributed by atoms with Crippen LogP contribution in [0, 0.1) is 0 Å². The van der Waals surface area contributed by atoms with Crippen molar-refractivity contribution < 1.29 is 28.6 Å². The summed E-state index contributed by atoms with van der Waals surface area (Å²) in [6.07, 6.45) is 87.9. The average Bonchev–Trinajstić information content (AvgIpc) is 3.44. The van der Waals surface area contributed by atoms with Crippen LogP contribution in [-0.2, 0) is 28.6 Å². The molecule has 6 nitrogen and oxygen atoms in total. The third-order valence-electron chi connectivity index (χ3n) is 14.6. The van der Waals surface area contributed by atoms with E-state index in [1.165, 1.54) is 186 Å². The van der Waals surface area contributed by atoms with Crippen molar-refractivity contribution in [3.63, 3.8) is 0 Å². The highest BCUT2D eigenvalue weighted by Crippen LogP contribution is 2.18. The lowest BCUT2D eigenvalue weighted by molar-refractivity contribution is -0.167. The second kappa shape index (κ2) is 66.1. The Kier molecular flexibility index (Phi) is 63.2. The molecule has 0 heterocycles. The lowest BCUT2D eigenvalue weighted by Crippen LogP contribution is -2.30. The van der Waals surface area contributed by atoms with Crippen LogP contribution in [0.1, 0.15) is 335 Å². The molecule has 1 atom stereocenters. The smallest absolute Gasteiger partial charge is 0.306 e. The summed E-state index contributed by atoms with van der Waals surface area (Å²) in [7, 11) is 0. The molecule has 0 aliphatic carbocycles. The maximum Gasteiger partial charge on any atom is 0.306 e. The monoisotopic (exact) mass is 1090 g/mol. The maximum atomic E-state index is 12.9. The Labute approximate surface area is 484 Å². The van der Waals surface area contributed by atoms with E-state index in [4.69, 9.17) is 14.2 Å². The molecule has 450 valence electrons. The lowest BCUT2D eigenvalue weighted by Gasteiger charge is -2.18. The summed E-state index contributed by atoms with van der Waals surface area (Å²) in [5.74, 6) is -0.963. The molecule has 0 rings (SSSR count). The lowest BCUT2D eigenvalue weighted by atomic mass is 10.0. The Balaban J connectivity index is 4.15. The van der Waals surface area contributed by atoms with Gasteiger partial charge in [0.2, 0.25) is 0 Å². The van der Waals surface area contributed by atoms with Crippen LogP contribution in [0.15, 0.2) is 85.1 Å². The van der Waals surface area contributed by atoms with Gasteiger partial charge in [0.15, 0.2) is 6.10 Å². The zero-order valence-electron chi connectivity index (χ0n) is 51.7. The number of hydrogen-bond donors (Lipinski definition) is 0. The van der Waals surface area contributed by atoms with Crippen LogP contribution in [-0.4, -0.2) is 37.2 Å². The van der Waals surface area contributed by atoms with Gasteiger partial charge in [-0.2, -0.15) is 0 Å². The molecule has 0 aromatic carbocycles. The molecule has 0 bridgehead atoms. The summed E-state index contributed by atoms with van der Waals surface area (Å²) in [4.78, 5) is 38.2. The number of carbonyl (C=O) groups is 3. The van der Waals surface area contributed by atoms with E-state index in [0.717, 1.165) is 103 Å². The van der Waals surface area contributed by atoms with E-state index in [1.54, 1.807) is 0 Å². The molecule has 0 fully saturated rings. The van der Waals surface area contributed by atoms with Gasteiger partial charge >= 0.3 is 17.9 Å². The van der Waals surface area contributed by atoms with Crippen molar-refractivity contribution in [1.29, 1.82) is 0 Å². The van der Waals surface area contributed by atoms with Crippen molar-refractivity contribution in [3.8, 4) is 0 Å². The quantitative estimate of drug-likeness (QED) is 0.0261. The van der Waals surface area contributed by atoms with Gasteiger partial charge in [-0.1, -0.05) is 311 Å². The molecule has 0 N–H and O–H groups in total. The van der Waals surface area contributed by atoms with Crippen molar-refractivity contribution in [1.82, 2.24) is 0 Å². The molecule has 0 amide bonds. The van der Waals surface area contributed by atoms with Gasteiger partial charge in [-0.3, -0.25) is 14.4 Å². The summed E-state index contributed by atoms with van der Waals surface area (Å²) in [5, 5.41) is 0. The first-order valence-corrected chi connectivity index (χ1v) is 33.6. The van der Waals surface area contributed by atoms with Gasteiger partial charge in [0.25, 0.3) is 0 Å². The molecule has 78 heavy (non-hydrogen) atoms. The average molecular weight is 1090 g/mol. The third-order valence-corrected chi connectivity index (χ3v) is 14.6. The Morgan fingerprint density at radius 3 is 0.808 bits per heavy atom. The van der Waals surface area contributed by atoms with E-state index >= 15 is 0 Å². The normalized spacial score (nSPS) is 12.6. The van der Waals surface area contributed by atoms with E-state index in [-0.39, 0.29) is 37.5 Å². The molecule has 0 radical (unpaired) electrons. The first-order valence-electron chi connectivity index (χ1n) is 33.6. The molecule has 1 unspecified atom stereocenters. The zero-order valence-corrected chi connectivity index (χ0v) is 51.7. The Morgan fingerprint density at radius 2 is 0.500 bits per heavy atom. The van der Waals surface area contributed by atoms with Gasteiger partial charge in [-0.15, -0.1) is 0 Å². The second-order valence-electron chi connectivity index (χ2n) is 22.3. The van der Waals surface area contributed by atoms with Crippen molar-refractivity contribution >= 4 is 17.9 Å². The van der Waals surface area contributed by atoms with Crippen LogP contribution in [0.4, 0.5) is 0 Å². The largest absolute Gasteiger partial charge is 0.462 e. The summed E-state index contributed by atoms with van der Waals surface area (Å²) in [6.45, 7) is 6.39. The molecule has 0 saturated heterocycles. The van der Waals surface area contributed by atoms with E-state index < -0.39 is 6.10 Å². The van der Waals surface area contributed by atoms with Crippen molar-refractivity contribution in [2.45, 2.75) is 341 Å². The van der Waals surface area contributed by atoms with Gasteiger partial charge < -0.3 is 14.2 Å². The molecule has 0 aliphatic heterocycles. The fraction of sp³-hybridized carbons (Fsp3) is 0.764. The SMILES string of the molecule is CC/C=C\C/C=C\C/C=C\C/C=C\CCCCC(=O)OC(COC(=O)CCCCC/C=C\C/C=C\C/C=C\CC)COC(=O)CCCCCCCCCCCCCCCCCCCCCCCCCCCCCCCCCC. The van der Waals surface area contributed by atoms with Crippen molar-refractivity contribution in [3.05, 3.63) is 85.1 Å². The standard InChI is InChI=1S/C72H126O6/c1-4-7-10-13-16-19-22-25-27-28-29-30-31-32-33-34-35-36-37-38-39-40-41-42-43-45-47-50-53-56-59-62-65-71(74)77-68-69(67-76-70(73)64-61-58-55-52-49-46-24-21-18-15-12-9-6-3)78-72(75)66-63-60-57-54-51-48-44-26-23-20-17-14-11-8-5-2/h8-9,11-12,17-18,20-21,26,44,46,49,51,54,69H,4-7,10,13-16,19,22-25,27-43,45,47-48,50,52-53,55-68H2,1-3H3/b11-8-,12-9-,20-17-,21-18-,44-26-,49-46-,54-51-. The molecular formula is C72H126O6. The minimum atomic E-state index is -0.810. The van der Waals surface area contributed by atoms with Gasteiger partial charge in [0, 0.05) is 19.3 Å². The minimum Gasteiger partial charge on any atom is -0.462 e. The second-order valence-corrected chi connectivity index (χ2v) is 22.3. The van der Waals surface area contributed by atoms with Crippen LogP contribution in [0.25, 0.3) is 0 Å². The molecule has 0 spiro atoms. The number of allylic oxidation sites excluding steroid dienone is 14. The summed E-state index contributed by atoms with van der Waals surface area (Å²) < 4.78 is 16.8. The van der Waals surface area contributed by atoms with Crippen molar-refractivity contribution in [2.75, 3.05) is 13.2 Å². The highest BCUT2D eigenvalue weighted by molar-refractivity contribution is 5.71. The van der Waals surface area contributed by atoms with Gasteiger partial charge in [-0.25, -0.2) is 0 Å². The van der Waals surface area contributed by atoms with Crippen LogP contribution < -0.4 is 0 Å². The van der Waals surface area contributed by atoms with Crippen LogP contribution >= 0.6 is 0 Å². The van der Waals surface area contributed by atoms with E-state index in [9.17, 15) is 14.4 Å². The predicted octanol–water partition coefficient (Wildman–Crippen LogP) is 23.1. The molecule has 0 aromatic heterocycles. The number of unbranched alkanes of at least 4 members (excludes halogenated alkanes) is 36. The number of carbonyl (C=O) groups excluding carboxylic acids is 3. The topological polar surface area (TPSA) is 78.9 Å². The van der Waals surface area contributed by atoms with Gasteiger partial charge in [0.05, 0.1) is 0 Å². The fourth-order valence-corrected chi connectivity index (χ4v) is 9.69. The maximum absolute atomic E-state index is 12.9. The molecule has 0 saturated carbocycles. The van der Waals surface area contributed by atoms with Crippen molar-refractivity contribution in [2.24, 2.45) is 0 Å². The summed E-state index contributed by atoms with van der Waals surface area (Å²) >= 11 is 0. The highest BCUT2D eigenvalue weighted by Gasteiger charge is 2.19. The van der Waals surface area contributed by atoms with Crippen LogP contribution in [0.2, 0.25) is 0 Å². The van der Waals surface area contributed by atoms with Crippen LogP contribution in [0.5, 0.6) is 0 Å². The molecule has 6 heteroatoms. The third kappa shape index (κ3) is 63.4. The van der Waals surface area contributed by atoms with Crippen LogP contribution in [0.3, 0.4) is 0 Å². The van der Waals surface area contributed by atoms with E-state index in [0.29, 0.717) is 19.3 Å². The Hall–Kier alpha value is -3.41. The molecule has 0 aromatic rings. The molecule has 0 aliphatic rings.